The van der Waals surface area contributed by atoms with Crippen molar-refractivity contribution >= 4 is 28.5 Å². The molecule has 1 aromatic heterocycles. The Morgan fingerprint density at radius 1 is 1.41 bits per heavy atom. The Labute approximate surface area is 134 Å². The van der Waals surface area contributed by atoms with E-state index < -0.39 is 11.7 Å². The quantitative estimate of drug-likeness (QED) is 0.889. The zero-order chi connectivity index (χ0) is 16.3. The topological polar surface area (TPSA) is 80.3 Å². The van der Waals surface area contributed by atoms with Crippen LogP contribution in [-0.4, -0.2) is 28.6 Å². The van der Waals surface area contributed by atoms with E-state index in [0.717, 1.165) is 11.3 Å². The lowest BCUT2D eigenvalue weighted by Gasteiger charge is -2.31. The highest BCUT2D eigenvalue weighted by Crippen LogP contribution is 2.29. The van der Waals surface area contributed by atoms with E-state index >= 15 is 0 Å². The second-order valence-electron chi connectivity index (χ2n) is 6.61. The molecule has 122 valence electrons. The average molecular weight is 325 g/mol. The highest BCUT2D eigenvalue weighted by molar-refractivity contribution is 7.17. The van der Waals surface area contributed by atoms with Crippen molar-refractivity contribution in [2.45, 2.75) is 58.6 Å². The summed E-state index contributed by atoms with van der Waals surface area (Å²) in [6.45, 7) is 7.39. The van der Waals surface area contributed by atoms with Gasteiger partial charge in [0.1, 0.15) is 10.5 Å². The van der Waals surface area contributed by atoms with Gasteiger partial charge in [0.25, 0.3) is 5.91 Å². The second-order valence-corrected chi connectivity index (χ2v) is 7.64. The number of aromatic nitrogens is 1. The van der Waals surface area contributed by atoms with Crippen LogP contribution in [0, 0.1) is 5.92 Å². The van der Waals surface area contributed by atoms with Crippen molar-refractivity contribution in [1.29, 1.82) is 0 Å². The first-order valence-corrected chi connectivity index (χ1v) is 8.33. The Morgan fingerprint density at radius 3 is 2.64 bits per heavy atom. The van der Waals surface area contributed by atoms with E-state index in [2.05, 4.69) is 15.6 Å². The molecule has 0 aromatic carbocycles. The third kappa shape index (κ3) is 4.69. The average Bonchev–Trinajstić information content (AvgIpc) is 2.71. The third-order valence-corrected chi connectivity index (χ3v) is 4.46. The maximum Gasteiger partial charge on any atom is 0.413 e. The van der Waals surface area contributed by atoms with Crippen LogP contribution in [0.25, 0.3) is 0 Å². The molecule has 6 nitrogen and oxygen atoms in total. The minimum atomic E-state index is -0.573. The van der Waals surface area contributed by atoms with Crippen molar-refractivity contribution in [3.8, 4) is 0 Å². The van der Waals surface area contributed by atoms with Gasteiger partial charge in [-0.2, -0.15) is 0 Å². The molecule has 0 radical (unpaired) electrons. The summed E-state index contributed by atoms with van der Waals surface area (Å²) in [6, 6.07) is 0.172. The van der Waals surface area contributed by atoms with Gasteiger partial charge in [0.05, 0.1) is 6.20 Å². The standard InChI is InChI=1S/C15H23N3O3S/c1-9(10-6-5-7-10)17-12(19)11-8-16-13(22-11)18-14(20)21-15(2,3)4/h8-10H,5-7H2,1-4H3,(H,17,19)(H,16,18,20). The number of hydrogen-bond donors (Lipinski definition) is 2. The second kappa shape index (κ2) is 6.64. The molecule has 1 unspecified atom stereocenters. The Kier molecular flexibility index (Phi) is 5.05. The van der Waals surface area contributed by atoms with Gasteiger partial charge in [-0.15, -0.1) is 0 Å². The zero-order valence-corrected chi connectivity index (χ0v) is 14.3. The van der Waals surface area contributed by atoms with Gasteiger partial charge >= 0.3 is 6.09 Å². The first-order chi connectivity index (χ1) is 10.2. The maximum atomic E-state index is 12.1. The molecule has 1 aliphatic carbocycles. The van der Waals surface area contributed by atoms with Crippen molar-refractivity contribution in [3.05, 3.63) is 11.1 Å². The number of rotatable bonds is 4. The predicted molar refractivity (Wildman–Crippen MR) is 86.2 cm³/mol. The molecule has 1 atom stereocenters. The van der Waals surface area contributed by atoms with Gasteiger partial charge in [-0.05, 0) is 46.5 Å². The SMILES string of the molecule is CC(NC(=O)c1cnc(NC(=O)OC(C)(C)C)s1)C1CCC1. The number of hydrogen-bond acceptors (Lipinski definition) is 5. The van der Waals surface area contributed by atoms with Gasteiger partial charge in [-0.1, -0.05) is 17.8 Å². The fraction of sp³-hybridized carbons (Fsp3) is 0.667. The molecule has 0 saturated heterocycles. The van der Waals surface area contributed by atoms with Crippen LogP contribution in [0.5, 0.6) is 0 Å². The number of thiazole rings is 1. The van der Waals surface area contributed by atoms with Gasteiger partial charge < -0.3 is 10.1 Å². The monoisotopic (exact) mass is 325 g/mol. The molecule has 1 fully saturated rings. The number of carbonyl (C=O) groups is 2. The minimum Gasteiger partial charge on any atom is -0.444 e. The zero-order valence-electron chi connectivity index (χ0n) is 13.4. The fourth-order valence-electron chi connectivity index (χ4n) is 2.16. The van der Waals surface area contributed by atoms with Crippen LogP contribution in [0.1, 0.15) is 56.6 Å². The van der Waals surface area contributed by atoms with Gasteiger partial charge in [0.2, 0.25) is 0 Å². The van der Waals surface area contributed by atoms with Crippen LogP contribution in [-0.2, 0) is 4.74 Å². The Hall–Kier alpha value is -1.63. The molecule has 22 heavy (non-hydrogen) atoms. The van der Waals surface area contributed by atoms with E-state index in [1.807, 2.05) is 6.92 Å². The molecule has 2 amide bonds. The van der Waals surface area contributed by atoms with E-state index in [1.54, 1.807) is 20.8 Å². The number of anilines is 1. The van der Waals surface area contributed by atoms with Crippen LogP contribution in [0.3, 0.4) is 0 Å². The van der Waals surface area contributed by atoms with E-state index in [9.17, 15) is 9.59 Å². The number of amides is 2. The minimum absolute atomic E-state index is 0.144. The fourth-order valence-corrected chi connectivity index (χ4v) is 2.87. The molecular weight excluding hydrogens is 302 g/mol. The van der Waals surface area contributed by atoms with Crippen LogP contribution in [0.2, 0.25) is 0 Å². The normalized spacial score (nSPS) is 16.5. The molecule has 2 rings (SSSR count). The maximum absolute atomic E-state index is 12.1. The van der Waals surface area contributed by atoms with Crippen LogP contribution in [0.4, 0.5) is 9.93 Å². The van der Waals surface area contributed by atoms with Crippen LogP contribution >= 0.6 is 11.3 Å². The molecular formula is C15H23N3O3S. The first kappa shape index (κ1) is 16.7. The number of nitrogens with zero attached hydrogens (tertiary/aromatic N) is 1. The summed E-state index contributed by atoms with van der Waals surface area (Å²) in [4.78, 5) is 28.3. The highest BCUT2D eigenvalue weighted by Gasteiger charge is 2.26. The summed E-state index contributed by atoms with van der Waals surface area (Å²) >= 11 is 1.14. The first-order valence-electron chi connectivity index (χ1n) is 7.51. The van der Waals surface area contributed by atoms with Gasteiger partial charge in [0, 0.05) is 6.04 Å². The Balaban J connectivity index is 1.87. The number of carbonyl (C=O) groups excluding carboxylic acids is 2. The Morgan fingerprint density at radius 2 is 2.09 bits per heavy atom. The molecule has 1 heterocycles. The molecule has 1 aliphatic rings. The Bertz CT molecular complexity index is 546. The van der Waals surface area contributed by atoms with Crippen molar-refractivity contribution in [1.82, 2.24) is 10.3 Å². The molecule has 2 N–H and O–H groups in total. The number of ether oxygens (including phenoxy) is 1. The summed E-state index contributed by atoms with van der Waals surface area (Å²) in [5.74, 6) is 0.436. The highest BCUT2D eigenvalue weighted by atomic mass is 32.1. The predicted octanol–water partition coefficient (Wildman–Crippen LogP) is 3.41. The van der Waals surface area contributed by atoms with Crippen molar-refractivity contribution < 1.29 is 14.3 Å². The van der Waals surface area contributed by atoms with E-state index in [1.165, 1.54) is 25.5 Å². The molecule has 0 aliphatic heterocycles. The van der Waals surface area contributed by atoms with E-state index in [4.69, 9.17) is 4.74 Å². The van der Waals surface area contributed by atoms with Crippen molar-refractivity contribution in [2.24, 2.45) is 5.92 Å². The summed E-state index contributed by atoms with van der Waals surface area (Å²) < 4.78 is 5.15. The molecule has 7 heteroatoms. The van der Waals surface area contributed by atoms with E-state index in [0.29, 0.717) is 15.9 Å². The van der Waals surface area contributed by atoms with Crippen molar-refractivity contribution in [3.63, 3.8) is 0 Å². The third-order valence-electron chi connectivity index (χ3n) is 3.55. The lowest BCUT2D eigenvalue weighted by atomic mass is 9.80. The molecule has 0 spiro atoms. The van der Waals surface area contributed by atoms with Crippen LogP contribution < -0.4 is 10.6 Å². The largest absolute Gasteiger partial charge is 0.444 e. The lowest BCUT2D eigenvalue weighted by Crippen LogP contribution is -2.40. The smallest absolute Gasteiger partial charge is 0.413 e. The lowest BCUT2D eigenvalue weighted by molar-refractivity contribution is 0.0635. The molecule has 0 bridgehead atoms. The summed E-state index contributed by atoms with van der Waals surface area (Å²) in [7, 11) is 0. The number of nitrogens with one attached hydrogen (secondary N) is 2. The summed E-state index contributed by atoms with van der Waals surface area (Å²) in [5, 5.41) is 5.89. The molecule has 1 saturated carbocycles. The molecule has 1 aromatic rings. The van der Waals surface area contributed by atoms with Gasteiger partial charge in [-0.3, -0.25) is 10.1 Å². The van der Waals surface area contributed by atoms with E-state index in [-0.39, 0.29) is 11.9 Å². The van der Waals surface area contributed by atoms with Crippen LogP contribution in [0.15, 0.2) is 6.20 Å². The van der Waals surface area contributed by atoms with Gasteiger partial charge in [-0.25, -0.2) is 9.78 Å². The van der Waals surface area contributed by atoms with Crippen molar-refractivity contribution in [2.75, 3.05) is 5.32 Å². The summed E-state index contributed by atoms with van der Waals surface area (Å²) in [6.07, 6.45) is 4.50. The summed E-state index contributed by atoms with van der Waals surface area (Å²) in [5.41, 5.74) is -0.570. The van der Waals surface area contributed by atoms with Gasteiger partial charge in [0.15, 0.2) is 5.13 Å².